The van der Waals surface area contributed by atoms with Crippen LogP contribution in [-0.2, 0) is 12.8 Å². The zero-order valence-electron chi connectivity index (χ0n) is 17.4. The predicted octanol–water partition coefficient (Wildman–Crippen LogP) is 5.60. The van der Waals surface area contributed by atoms with Crippen molar-refractivity contribution in [2.45, 2.75) is 25.7 Å². The lowest BCUT2D eigenvalue weighted by Gasteiger charge is -2.27. The van der Waals surface area contributed by atoms with E-state index < -0.39 is 0 Å². The molecular formula is C27H25ClN2O. The Morgan fingerprint density at radius 3 is 2.61 bits per heavy atom. The summed E-state index contributed by atoms with van der Waals surface area (Å²) in [6.07, 6.45) is 6.87. The number of hydrogen-bond acceptors (Lipinski definition) is 3. The van der Waals surface area contributed by atoms with Crippen molar-refractivity contribution >= 4 is 29.0 Å². The molecule has 1 aromatic heterocycles. The number of aryl methyl sites for hydroxylation is 1. The van der Waals surface area contributed by atoms with Crippen LogP contribution in [0, 0.1) is 5.92 Å². The summed E-state index contributed by atoms with van der Waals surface area (Å²) in [4.78, 5) is 16.3. The SMILES string of the molecule is O=Cc1ccc2c(c1)CCCC(c1ccccc1Cl)=C2c1ccc(CC2CNC2)cn1. The van der Waals surface area contributed by atoms with Gasteiger partial charge in [-0.3, -0.25) is 9.78 Å². The van der Waals surface area contributed by atoms with Gasteiger partial charge in [-0.1, -0.05) is 48.0 Å². The van der Waals surface area contributed by atoms with Crippen LogP contribution < -0.4 is 5.32 Å². The maximum absolute atomic E-state index is 11.4. The summed E-state index contributed by atoms with van der Waals surface area (Å²) in [6, 6.07) is 18.4. The van der Waals surface area contributed by atoms with Crippen molar-refractivity contribution in [3.05, 3.63) is 99.3 Å². The molecule has 0 atom stereocenters. The molecule has 3 nitrogen and oxygen atoms in total. The van der Waals surface area contributed by atoms with Crippen LogP contribution in [0.5, 0.6) is 0 Å². The fourth-order valence-corrected chi connectivity index (χ4v) is 4.92. The molecule has 0 amide bonds. The summed E-state index contributed by atoms with van der Waals surface area (Å²) in [5.74, 6) is 0.714. The van der Waals surface area contributed by atoms with Crippen molar-refractivity contribution in [1.29, 1.82) is 0 Å². The van der Waals surface area contributed by atoms with Gasteiger partial charge < -0.3 is 5.32 Å². The van der Waals surface area contributed by atoms with Crippen molar-refractivity contribution in [1.82, 2.24) is 10.3 Å². The largest absolute Gasteiger partial charge is 0.316 e. The molecule has 1 aliphatic carbocycles. The molecule has 1 N–H and O–H groups in total. The summed E-state index contributed by atoms with van der Waals surface area (Å²) in [7, 11) is 0. The molecular weight excluding hydrogens is 404 g/mol. The highest BCUT2D eigenvalue weighted by Crippen LogP contribution is 2.41. The van der Waals surface area contributed by atoms with E-state index in [9.17, 15) is 4.79 Å². The molecule has 4 heteroatoms. The van der Waals surface area contributed by atoms with E-state index in [1.807, 2.05) is 36.5 Å². The van der Waals surface area contributed by atoms with Crippen molar-refractivity contribution in [3.8, 4) is 0 Å². The number of aromatic nitrogens is 1. The highest BCUT2D eigenvalue weighted by molar-refractivity contribution is 6.32. The van der Waals surface area contributed by atoms with E-state index in [1.165, 1.54) is 16.7 Å². The van der Waals surface area contributed by atoms with Crippen molar-refractivity contribution in [2.24, 2.45) is 5.92 Å². The second-order valence-electron chi connectivity index (χ2n) is 8.50. The number of nitrogens with one attached hydrogen (secondary N) is 1. The number of benzene rings is 2. The lowest BCUT2D eigenvalue weighted by molar-refractivity contribution is 0.112. The van der Waals surface area contributed by atoms with Crippen LogP contribution in [0.4, 0.5) is 0 Å². The van der Waals surface area contributed by atoms with Crippen molar-refractivity contribution in [3.63, 3.8) is 0 Å². The first kappa shape index (κ1) is 20.2. The molecule has 0 radical (unpaired) electrons. The topological polar surface area (TPSA) is 42.0 Å². The Bertz CT molecular complexity index is 1150. The summed E-state index contributed by atoms with van der Waals surface area (Å²) >= 11 is 6.64. The van der Waals surface area contributed by atoms with Crippen LogP contribution in [0.2, 0.25) is 5.02 Å². The lowest BCUT2D eigenvalue weighted by Crippen LogP contribution is -2.43. The van der Waals surface area contributed by atoms with Gasteiger partial charge in [-0.25, -0.2) is 0 Å². The molecule has 3 aromatic rings. The fraction of sp³-hybridized carbons (Fsp3) is 0.259. The molecule has 1 aliphatic heterocycles. The molecule has 1 saturated heterocycles. The van der Waals surface area contributed by atoms with E-state index in [0.717, 1.165) is 78.0 Å². The Morgan fingerprint density at radius 2 is 1.90 bits per heavy atom. The Morgan fingerprint density at radius 1 is 1.03 bits per heavy atom. The zero-order valence-corrected chi connectivity index (χ0v) is 18.2. The number of aldehydes is 1. The number of rotatable bonds is 5. The monoisotopic (exact) mass is 428 g/mol. The minimum atomic E-state index is 0.714. The Balaban J connectivity index is 1.66. The minimum absolute atomic E-state index is 0.714. The maximum Gasteiger partial charge on any atom is 0.150 e. The predicted molar refractivity (Wildman–Crippen MR) is 126 cm³/mol. The number of fused-ring (bicyclic) bond motifs is 1. The molecule has 5 rings (SSSR count). The molecule has 0 bridgehead atoms. The van der Waals surface area contributed by atoms with E-state index in [1.54, 1.807) is 0 Å². The second-order valence-corrected chi connectivity index (χ2v) is 8.91. The van der Waals surface area contributed by atoms with E-state index in [-0.39, 0.29) is 0 Å². The molecule has 2 heterocycles. The van der Waals surface area contributed by atoms with E-state index >= 15 is 0 Å². The van der Waals surface area contributed by atoms with Crippen LogP contribution in [0.15, 0.2) is 60.8 Å². The highest BCUT2D eigenvalue weighted by Gasteiger charge is 2.23. The third-order valence-corrected chi connectivity index (χ3v) is 6.71. The first-order valence-electron chi connectivity index (χ1n) is 11.0. The Labute approximate surface area is 188 Å². The lowest BCUT2D eigenvalue weighted by atomic mass is 9.89. The molecule has 2 aromatic carbocycles. The zero-order chi connectivity index (χ0) is 21.2. The standard InChI is InChI=1S/C27H25ClN2O/c28-25-7-2-1-5-23(25)24-6-3-4-21-13-19(17-31)8-10-22(21)27(24)26-11-9-18(16-30-26)12-20-14-29-15-20/h1-2,5,7-11,13,16-17,20,29H,3-4,6,12,14-15H2. The Hall–Kier alpha value is -2.75. The molecule has 2 aliphatic rings. The van der Waals surface area contributed by atoms with Gasteiger partial charge >= 0.3 is 0 Å². The van der Waals surface area contributed by atoms with Crippen LogP contribution in [0.1, 0.15) is 51.1 Å². The smallest absolute Gasteiger partial charge is 0.150 e. The maximum atomic E-state index is 11.4. The number of carbonyl (C=O) groups is 1. The Kier molecular flexibility index (Phi) is 5.71. The fourth-order valence-electron chi connectivity index (χ4n) is 4.67. The van der Waals surface area contributed by atoms with Crippen LogP contribution in [0.3, 0.4) is 0 Å². The van der Waals surface area contributed by atoms with Crippen LogP contribution in [0.25, 0.3) is 11.1 Å². The normalized spacial score (nSPS) is 16.4. The van der Waals surface area contributed by atoms with Gasteiger partial charge in [0.2, 0.25) is 0 Å². The number of hydrogen-bond donors (Lipinski definition) is 1. The quantitative estimate of drug-likeness (QED) is 0.537. The highest BCUT2D eigenvalue weighted by atomic mass is 35.5. The van der Waals surface area contributed by atoms with Gasteiger partial charge in [0.25, 0.3) is 0 Å². The number of halogens is 1. The molecule has 31 heavy (non-hydrogen) atoms. The average Bonchev–Trinajstić information content (AvgIpc) is 2.96. The average molecular weight is 429 g/mol. The van der Waals surface area contributed by atoms with Crippen molar-refractivity contribution < 1.29 is 4.79 Å². The molecule has 1 fully saturated rings. The third-order valence-electron chi connectivity index (χ3n) is 6.38. The summed E-state index contributed by atoms with van der Waals surface area (Å²) in [6.45, 7) is 2.19. The molecule has 0 saturated carbocycles. The van der Waals surface area contributed by atoms with Gasteiger partial charge in [0.1, 0.15) is 6.29 Å². The van der Waals surface area contributed by atoms with E-state index in [2.05, 4.69) is 29.6 Å². The summed E-state index contributed by atoms with van der Waals surface area (Å²) < 4.78 is 0. The van der Waals surface area contributed by atoms with Gasteiger partial charge in [0.15, 0.2) is 0 Å². The van der Waals surface area contributed by atoms with Gasteiger partial charge in [-0.2, -0.15) is 0 Å². The van der Waals surface area contributed by atoms with Gasteiger partial charge in [0.05, 0.1) is 5.69 Å². The summed E-state index contributed by atoms with van der Waals surface area (Å²) in [5.41, 5.74) is 8.75. The van der Waals surface area contributed by atoms with E-state index in [0.29, 0.717) is 5.92 Å². The minimum Gasteiger partial charge on any atom is -0.316 e. The number of allylic oxidation sites excluding steroid dienone is 1. The molecule has 0 unspecified atom stereocenters. The molecule has 156 valence electrons. The van der Waals surface area contributed by atoms with Gasteiger partial charge in [0, 0.05) is 22.4 Å². The van der Waals surface area contributed by atoms with Crippen LogP contribution in [-0.4, -0.2) is 24.4 Å². The first-order valence-corrected chi connectivity index (χ1v) is 11.3. The van der Waals surface area contributed by atoms with E-state index in [4.69, 9.17) is 16.6 Å². The van der Waals surface area contributed by atoms with Gasteiger partial charge in [-0.05, 0) is 90.7 Å². The third kappa shape index (κ3) is 4.08. The number of nitrogens with zero attached hydrogens (tertiary/aromatic N) is 1. The van der Waals surface area contributed by atoms with Gasteiger partial charge in [-0.15, -0.1) is 0 Å². The van der Waals surface area contributed by atoms with Crippen LogP contribution >= 0.6 is 11.6 Å². The first-order chi connectivity index (χ1) is 15.2. The second kappa shape index (κ2) is 8.78. The van der Waals surface area contributed by atoms with Crippen molar-refractivity contribution in [2.75, 3.05) is 13.1 Å². The number of carbonyl (C=O) groups excluding carboxylic acids is 1. The number of pyridine rings is 1. The summed E-state index contributed by atoms with van der Waals surface area (Å²) in [5, 5.41) is 4.10. The molecule has 0 spiro atoms.